The van der Waals surface area contributed by atoms with Crippen LogP contribution in [-0.4, -0.2) is 42.5 Å². The number of nitrogens with one attached hydrogen (secondary N) is 2. The maximum Gasteiger partial charge on any atom is 0.255 e. The van der Waals surface area contributed by atoms with Crippen LogP contribution in [0.15, 0.2) is 47.1 Å². The number of methoxy groups -OCH3 is 1. The van der Waals surface area contributed by atoms with Crippen LogP contribution in [0.5, 0.6) is 5.75 Å². The molecule has 0 spiro atoms. The topological polar surface area (TPSA) is 97.6 Å². The number of ether oxygens (including phenoxy) is 1. The van der Waals surface area contributed by atoms with Crippen molar-refractivity contribution in [2.45, 2.75) is 64.3 Å². The van der Waals surface area contributed by atoms with Gasteiger partial charge in [0.1, 0.15) is 17.6 Å². The number of furan rings is 1. The Balaban J connectivity index is 2.06. The molecule has 2 N–H and O–H groups in total. The fourth-order valence-electron chi connectivity index (χ4n) is 3.51. The highest BCUT2D eigenvalue weighted by Gasteiger charge is 2.28. The SMILES string of the molecule is CCCC[C@H](NC(=O)[C@H](CC(C)C)NC(=O)c1ccccc1OC)C(=O)CSCc1ccco1. The van der Waals surface area contributed by atoms with Crippen LogP contribution in [-0.2, 0) is 15.3 Å². The fraction of sp³-hybridized carbons (Fsp3) is 0.500. The fourth-order valence-corrected chi connectivity index (χ4v) is 4.38. The normalized spacial score (nSPS) is 12.7. The van der Waals surface area contributed by atoms with Gasteiger partial charge in [-0.15, -0.1) is 11.8 Å². The monoisotopic (exact) mass is 488 g/mol. The standard InChI is InChI=1S/C26H36N2O5S/c1-5-6-12-21(23(29)17-34-16-19-10-9-14-33-19)27-26(31)22(15-18(2)3)28-25(30)20-11-7-8-13-24(20)32-4/h7-11,13-14,18,21-22H,5-6,12,15-17H2,1-4H3,(H,27,31)(H,28,30)/t21-,22-/m0/s1. The number of Topliss-reactive ketones (excluding diaryl/α,β-unsaturated/α-hetero) is 1. The first kappa shape index (κ1) is 27.5. The summed E-state index contributed by atoms with van der Waals surface area (Å²) >= 11 is 1.46. The molecule has 1 aromatic carbocycles. The number of carbonyl (C=O) groups excluding carboxylic acids is 3. The Kier molecular flexibility index (Phi) is 11.7. The lowest BCUT2D eigenvalue weighted by Crippen LogP contribution is -2.52. The van der Waals surface area contributed by atoms with E-state index in [0.29, 0.717) is 29.9 Å². The molecule has 8 heteroatoms. The minimum absolute atomic E-state index is 0.0299. The average molecular weight is 489 g/mol. The van der Waals surface area contributed by atoms with Crippen LogP contribution in [0.4, 0.5) is 0 Å². The summed E-state index contributed by atoms with van der Waals surface area (Å²) in [5.74, 6) is 1.53. The minimum atomic E-state index is -0.759. The van der Waals surface area contributed by atoms with Crippen molar-refractivity contribution in [3.63, 3.8) is 0 Å². The molecule has 0 aliphatic heterocycles. The molecule has 0 radical (unpaired) electrons. The quantitative estimate of drug-likeness (QED) is 0.380. The van der Waals surface area contributed by atoms with E-state index in [1.165, 1.54) is 18.9 Å². The third-order valence-electron chi connectivity index (χ3n) is 5.30. The molecule has 186 valence electrons. The van der Waals surface area contributed by atoms with Crippen LogP contribution < -0.4 is 15.4 Å². The van der Waals surface area contributed by atoms with Gasteiger partial charge in [0.15, 0.2) is 5.78 Å². The van der Waals surface area contributed by atoms with Gasteiger partial charge in [-0.1, -0.05) is 45.7 Å². The number of hydrogen-bond donors (Lipinski definition) is 2. The highest BCUT2D eigenvalue weighted by atomic mass is 32.2. The molecule has 0 aliphatic carbocycles. The number of unbranched alkanes of at least 4 members (excludes halogenated alkanes) is 1. The van der Waals surface area contributed by atoms with Gasteiger partial charge in [-0.05, 0) is 43.0 Å². The van der Waals surface area contributed by atoms with Crippen LogP contribution >= 0.6 is 11.8 Å². The van der Waals surface area contributed by atoms with Gasteiger partial charge in [-0.3, -0.25) is 14.4 Å². The van der Waals surface area contributed by atoms with E-state index in [1.54, 1.807) is 30.5 Å². The van der Waals surface area contributed by atoms with E-state index in [0.717, 1.165) is 18.6 Å². The summed E-state index contributed by atoms with van der Waals surface area (Å²) in [6, 6.07) is 9.22. The number of hydrogen-bond acceptors (Lipinski definition) is 6. The number of carbonyl (C=O) groups is 3. The first-order chi connectivity index (χ1) is 16.3. The van der Waals surface area contributed by atoms with Crippen LogP contribution in [0.3, 0.4) is 0 Å². The van der Waals surface area contributed by atoms with Crippen molar-refractivity contribution in [1.29, 1.82) is 0 Å². The lowest BCUT2D eigenvalue weighted by molar-refractivity contribution is -0.128. The van der Waals surface area contributed by atoms with Gasteiger partial charge in [0.2, 0.25) is 5.91 Å². The van der Waals surface area contributed by atoms with Gasteiger partial charge < -0.3 is 19.8 Å². The van der Waals surface area contributed by atoms with Gasteiger partial charge >= 0.3 is 0 Å². The van der Waals surface area contributed by atoms with E-state index < -0.39 is 12.1 Å². The maximum absolute atomic E-state index is 13.2. The predicted molar refractivity (Wildman–Crippen MR) is 135 cm³/mol. The van der Waals surface area contributed by atoms with Crippen molar-refractivity contribution in [2.75, 3.05) is 12.9 Å². The Hall–Kier alpha value is -2.74. The molecule has 0 saturated heterocycles. The second kappa shape index (κ2) is 14.5. The van der Waals surface area contributed by atoms with Crippen LogP contribution in [0.1, 0.15) is 62.6 Å². The van der Waals surface area contributed by atoms with Crippen molar-refractivity contribution in [3.05, 3.63) is 54.0 Å². The highest BCUT2D eigenvalue weighted by Crippen LogP contribution is 2.18. The summed E-state index contributed by atoms with van der Waals surface area (Å²) in [4.78, 5) is 39.0. The summed E-state index contributed by atoms with van der Waals surface area (Å²) in [5.41, 5.74) is 0.361. The zero-order chi connectivity index (χ0) is 24.9. The van der Waals surface area contributed by atoms with Gasteiger partial charge in [0.25, 0.3) is 5.91 Å². The second-order valence-corrected chi connectivity index (χ2v) is 9.58. The van der Waals surface area contributed by atoms with E-state index in [4.69, 9.17) is 9.15 Å². The Morgan fingerprint density at radius 2 is 1.82 bits per heavy atom. The summed E-state index contributed by atoms with van der Waals surface area (Å²) in [5, 5.41) is 5.76. The van der Waals surface area contributed by atoms with Crippen molar-refractivity contribution in [2.24, 2.45) is 5.92 Å². The molecule has 0 unspecified atom stereocenters. The largest absolute Gasteiger partial charge is 0.496 e. The molecule has 1 heterocycles. The zero-order valence-corrected chi connectivity index (χ0v) is 21.3. The number of benzene rings is 1. The number of ketones is 1. The molecular weight excluding hydrogens is 452 g/mol. The third-order valence-corrected chi connectivity index (χ3v) is 6.28. The predicted octanol–water partition coefficient (Wildman–Crippen LogP) is 4.61. The molecule has 2 amide bonds. The first-order valence-corrected chi connectivity index (χ1v) is 12.9. The van der Waals surface area contributed by atoms with E-state index in [9.17, 15) is 14.4 Å². The lowest BCUT2D eigenvalue weighted by atomic mass is 10.0. The summed E-state index contributed by atoms with van der Waals surface area (Å²) in [6.45, 7) is 6.02. The van der Waals surface area contributed by atoms with Crippen molar-refractivity contribution < 1.29 is 23.5 Å². The van der Waals surface area contributed by atoms with Crippen LogP contribution in [0, 0.1) is 5.92 Å². The number of para-hydroxylation sites is 1. The van der Waals surface area contributed by atoms with Crippen molar-refractivity contribution in [1.82, 2.24) is 10.6 Å². The van der Waals surface area contributed by atoms with Gasteiger partial charge in [0, 0.05) is 0 Å². The molecule has 2 rings (SSSR count). The van der Waals surface area contributed by atoms with Gasteiger partial charge in [0.05, 0.1) is 36.5 Å². The second-order valence-electron chi connectivity index (χ2n) is 8.60. The van der Waals surface area contributed by atoms with Crippen molar-refractivity contribution >= 4 is 29.4 Å². The van der Waals surface area contributed by atoms with Crippen molar-refractivity contribution in [3.8, 4) is 5.75 Å². The summed E-state index contributed by atoms with van der Waals surface area (Å²) in [6.07, 6.45) is 4.36. The molecule has 7 nitrogen and oxygen atoms in total. The summed E-state index contributed by atoms with van der Waals surface area (Å²) < 4.78 is 10.6. The van der Waals surface area contributed by atoms with Crippen LogP contribution in [0.25, 0.3) is 0 Å². The van der Waals surface area contributed by atoms with Gasteiger partial charge in [-0.25, -0.2) is 0 Å². The molecule has 2 atom stereocenters. The van der Waals surface area contributed by atoms with Crippen LogP contribution in [0.2, 0.25) is 0 Å². The Labute approximate surface area is 206 Å². The number of amides is 2. The van der Waals surface area contributed by atoms with E-state index in [2.05, 4.69) is 10.6 Å². The van der Waals surface area contributed by atoms with E-state index >= 15 is 0 Å². The smallest absolute Gasteiger partial charge is 0.255 e. The third kappa shape index (κ3) is 8.89. The van der Waals surface area contributed by atoms with Gasteiger partial charge in [-0.2, -0.15) is 0 Å². The molecule has 0 aliphatic rings. The first-order valence-electron chi connectivity index (χ1n) is 11.7. The molecule has 1 aromatic heterocycles. The molecule has 0 bridgehead atoms. The highest BCUT2D eigenvalue weighted by molar-refractivity contribution is 7.99. The molecule has 0 fully saturated rings. The Morgan fingerprint density at radius 3 is 2.47 bits per heavy atom. The lowest BCUT2D eigenvalue weighted by Gasteiger charge is -2.24. The number of thioether (sulfide) groups is 1. The average Bonchev–Trinajstić information content (AvgIpc) is 3.34. The zero-order valence-electron chi connectivity index (χ0n) is 20.5. The van der Waals surface area contributed by atoms with E-state index in [-0.39, 0.29) is 29.3 Å². The molecular formula is C26H36N2O5S. The number of rotatable bonds is 15. The molecule has 34 heavy (non-hydrogen) atoms. The molecule has 2 aromatic rings. The molecule has 0 saturated carbocycles. The van der Waals surface area contributed by atoms with E-state index in [1.807, 2.05) is 32.9 Å². The minimum Gasteiger partial charge on any atom is -0.496 e. The summed E-state index contributed by atoms with van der Waals surface area (Å²) in [7, 11) is 1.50. The Bertz CT molecular complexity index is 914. The maximum atomic E-state index is 13.2. The Morgan fingerprint density at radius 1 is 1.06 bits per heavy atom.